The summed E-state index contributed by atoms with van der Waals surface area (Å²) in [5.41, 5.74) is 0. The summed E-state index contributed by atoms with van der Waals surface area (Å²) in [5.74, 6) is -0.362. The Hall–Kier alpha value is -0.920. The minimum Gasteiger partial charge on any atom is -0.469 e. The van der Waals surface area contributed by atoms with Gasteiger partial charge in [-0.15, -0.1) is 11.3 Å². The predicted molar refractivity (Wildman–Crippen MR) is 77.2 cm³/mol. The minimum absolute atomic E-state index is 0.125. The van der Waals surface area contributed by atoms with E-state index in [0.717, 1.165) is 17.7 Å². The molecule has 7 heteroatoms. The highest BCUT2D eigenvalue weighted by Gasteiger charge is 2.35. The quantitative estimate of drug-likeness (QED) is 0.798. The normalized spacial score (nSPS) is 20.8. The molecule has 2 heterocycles. The van der Waals surface area contributed by atoms with E-state index < -0.39 is 10.0 Å². The van der Waals surface area contributed by atoms with E-state index >= 15 is 0 Å². The molecule has 0 radical (unpaired) electrons. The van der Waals surface area contributed by atoms with Crippen molar-refractivity contribution in [1.29, 1.82) is 0 Å². The molecule has 1 saturated heterocycles. The molecule has 5 nitrogen and oxygen atoms in total. The predicted octanol–water partition coefficient (Wildman–Crippen LogP) is 2.16. The number of rotatable bonds is 4. The SMILES string of the molecule is COC(=O)CC1CCCCN1S(=O)(=O)c1ccc(C)s1. The summed E-state index contributed by atoms with van der Waals surface area (Å²) in [6, 6.07) is 3.15. The second-order valence-corrected chi connectivity index (χ2v) is 8.32. The van der Waals surface area contributed by atoms with E-state index in [1.54, 1.807) is 12.1 Å². The number of thiophene rings is 1. The van der Waals surface area contributed by atoms with Crippen LogP contribution in [-0.2, 0) is 19.6 Å². The van der Waals surface area contributed by atoms with E-state index in [0.29, 0.717) is 17.2 Å². The van der Waals surface area contributed by atoms with Crippen molar-refractivity contribution in [3.63, 3.8) is 0 Å². The van der Waals surface area contributed by atoms with Gasteiger partial charge in [-0.05, 0) is 31.9 Å². The summed E-state index contributed by atoms with van der Waals surface area (Å²) >= 11 is 1.27. The van der Waals surface area contributed by atoms with Gasteiger partial charge in [0.2, 0.25) is 0 Å². The lowest BCUT2D eigenvalue weighted by Crippen LogP contribution is -2.44. The molecule has 1 atom stereocenters. The van der Waals surface area contributed by atoms with E-state index in [9.17, 15) is 13.2 Å². The minimum atomic E-state index is -3.50. The molecule has 1 fully saturated rings. The Morgan fingerprint density at radius 2 is 2.20 bits per heavy atom. The van der Waals surface area contributed by atoms with Crippen LogP contribution in [0, 0.1) is 6.92 Å². The summed E-state index contributed by atoms with van der Waals surface area (Å²) in [6.07, 6.45) is 2.61. The van der Waals surface area contributed by atoms with Gasteiger partial charge >= 0.3 is 5.97 Å². The number of carbonyl (C=O) groups excluding carboxylic acids is 1. The first kappa shape index (κ1) is 15.5. The molecular weight excluding hydrogens is 298 g/mol. The van der Waals surface area contributed by atoms with Crippen LogP contribution in [-0.4, -0.2) is 38.4 Å². The van der Waals surface area contributed by atoms with E-state index in [4.69, 9.17) is 0 Å². The largest absolute Gasteiger partial charge is 0.469 e. The lowest BCUT2D eigenvalue weighted by atomic mass is 10.0. The number of hydrogen-bond donors (Lipinski definition) is 0. The standard InChI is InChI=1S/C13H19NO4S2/c1-10-6-7-13(19-10)20(16,17)14-8-4-3-5-11(14)9-12(15)18-2/h6-7,11H,3-5,8-9H2,1-2H3. The molecule has 0 bridgehead atoms. The number of ether oxygens (including phenoxy) is 1. The number of sulfonamides is 1. The second kappa shape index (κ2) is 6.24. The smallest absolute Gasteiger partial charge is 0.307 e. The Morgan fingerprint density at radius 1 is 1.45 bits per heavy atom. The molecule has 0 N–H and O–H groups in total. The van der Waals surface area contributed by atoms with E-state index in [2.05, 4.69) is 4.74 Å². The molecule has 0 amide bonds. The van der Waals surface area contributed by atoms with Crippen molar-refractivity contribution in [2.75, 3.05) is 13.7 Å². The van der Waals surface area contributed by atoms with Crippen molar-refractivity contribution in [1.82, 2.24) is 4.31 Å². The maximum absolute atomic E-state index is 12.7. The van der Waals surface area contributed by atoms with Crippen molar-refractivity contribution < 1.29 is 17.9 Å². The molecule has 0 saturated carbocycles. The molecule has 1 aliphatic rings. The number of carbonyl (C=O) groups is 1. The molecule has 0 aromatic carbocycles. The fourth-order valence-electron chi connectivity index (χ4n) is 2.44. The Balaban J connectivity index is 2.25. The molecule has 1 aromatic heterocycles. The maximum atomic E-state index is 12.7. The van der Waals surface area contributed by atoms with Gasteiger partial charge in [0.15, 0.2) is 0 Å². The van der Waals surface area contributed by atoms with Crippen molar-refractivity contribution >= 4 is 27.3 Å². The first-order valence-corrected chi connectivity index (χ1v) is 8.86. The monoisotopic (exact) mass is 317 g/mol. The van der Waals surface area contributed by atoms with Crippen molar-refractivity contribution in [2.24, 2.45) is 0 Å². The molecular formula is C13H19NO4S2. The van der Waals surface area contributed by atoms with Crippen molar-refractivity contribution in [3.05, 3.63) is 17.0 Å². The maximum Gasteiger partial charge on any atom is 0.307 e. The number of piperidine rings is 1. The van der Waals surface area contributed by atoms with Crippen molar-refractivity contribution in [2.45, 2.75) is 42.9 Å². The van der Waals surface area contributed by atoms with Gasteiger partial charge in [0.25, 0.3) is 10.0 Å². The van der Waals surface area contributed by atoms with Crippen LogP contribution in [0.4, 0.5) is 0 Å². The molecule has 1 unspecified atom stereocenters. The third-order valence-electron chi connectivity index (χ3n) is 3.48. The first-order chi connectivity index (χ1) is 9.45. The van der Waals surface area contributed by atoms with Crippen LogP contribution in [0.5, 0.6) is 0 Å². The van der Waals surface area contributed by atoms with Gasteiger partial charge in [0.1, 0.15) is 4.21 Å². The molecule has 2 rings (SSSR count). The fourth-order valence-corrected chi connectivity index (χ4v) is 5.54. The van der Waals surface area contributed by atoms with Gasteiger partial charge in [0.05, 0.1) is 13.5 Å². The van der Waals surface area contributed by atoms with Crippen LogP contribution >= 0.6 is 11.3 Å². The first-order valence-electron chi connectivity index (χ1n) is 6.60. The highest BCUT2D eigenvalue weighted by atomic mass is 32.2. The fraction of sp³-hybridized carbons (Fsp3) is 0.615. The van der Waals surface area contributed by atoms with E-state index in [-0.39, 0.29) is 18.4 Å². The summed E-state index contributed by atoms with van der Waals surface area (Å²) < 4.78 is 31.8. The molecule has 112 valence electrons. The molecule has 20 heavy (non-hydrogen) atoms. The summed E-state index contributed by atoms with van der Waals surface area (Å²) in [6.45, 7) is 2.35. The van der Waals surface area contributed by atoms with Crippen LogP contribution in [0.15, 0.2) is 16.3 Å². The van der Waals surface area contributed by atoms with Crippen LogP contribution < -0.4 is 0 Å². The zero-order valence-corrected chi connectivity index (χ0v) is 13.3. The third-order valence-corrected chi connectivity index (χ3v) is 6.90. The zero-order chi connectivity index (χ0) is 14.8. The van der Waals surface area contributed by atoms with Gasteiger partial charge < -0.3 is 4.74 Å². The lowest BCUT2D eigenvalue weighted by Gasteiger charge is -2.33. The Labute approximate surface area is 123 Å². The van der Waals surface area contributed by atoms with Crippen LogP contribution in [0.1, 0.15) is 30.6 Å². The highest BCUT2D eigenvalue weighted by Crippen LogP contribution is 2.30. The molecule has 0 aliphatic carbocycles. The Morgan fingerprint density at radius 3 is 2.80 bits per heavy atom. The van der Waals surface area contributed by atoms with E-state index in [1.807, 2.05) is 6.92 Å². The molecule has 0 spiro atoms. The van der Waals surface area contributed by atoms with Gasteiger partial charge in [0, 0.05) is 17.5 Å². The number of hydrogen-bond acceptors (Lipinski definition) is 5. The second-order valence-electron chi connectivity index (χ2n) is 4.91. The number of aryl methyl sites for hydroxylation is 1. The van der Waals surface area contributed by atoms with E-state index in [1.165, 1.54) is 22.8 Å². The lowest BCUT2D eigenvalue weighted by molar-refractivity contribution is -0.141. The van der Waals surface area contributed by atoms with Crippen LogP contribution in [0.3, 0.4) is 0 Å². The number of esters is 1. The highest BCUT2D eigenvalue weighted by molar-refractivity contribution is 7.91. The zero-order valence-electron chi connectivity index (χ0n) is 11.7. The average Bonchev–Trinajstić information content (AvgIpc) is 2.86. The van der Waals surface area contributed by atoms with Crippen molar-refractivity contribution in [3.8, 4) is 0 Å². The van der Waals surface area contributed by atoms with Gasteiger partial charge in [-0.2, -0.15) is 4.31 Å². The Bertz CT molecular complexity index is 579. The summed E-state index contributed by atoms with van der Waals surface area (Å²) in [4.78, 5) is 12.4. The van der Waals surface area contributed by atoms with Crippen LogP contribution in [0.2, 0.25) is 0 Å². The average molecular weight is 317 g/mol. The number of methoxy groups -OCH3 is 1. The Kier molecular flexibility index (Phi) is 4.82. The number of nitrogens with zero attached hydrogens (tertiary/aromatic N) is 1. The molecule has 1 aliphatic heterocycles. The molecule has 1 aromatic rings. The van der Waals surface area contributed by atoms with Gasteiger partial charge in [-0.3, -0.25) is 4.79 Å². The summed E-state index contributed by atoms with van der Waals surface area (Å²) in [7, 11) is -2.17. The summed E-state index contributed by atoms with van der Waals surface area (Å²) in [5, 5.41) is 0. The van der Waals surface area contributed by atoms with Crippen LogP contribution in [0.25, 0.3) is 0 Å². The van der Waals surface area contributed by atoms with Gasteiger partial charge in [-0.1, -0.05) is 6.42 Å². The topological polar surface area (TPSA) is 63.7 Å². The van der Waals surface area contributed by atoms with Gasteiger partial charge in [-0.25, -0.2) is 8.42 Å². The third kappa shape index (κ3) is 3.21.